The molecule has 1 unspecified atom stereocenters. The number of hydrogen-bond acceptors (Lipinski definition) is 5. The van der Waals surface area contributed by atoms with E-state index < -0.39 is 24.1 Å². The van der Waals surface area contributed by atoms with Gasteiger partial charge in [-0.25, -0.2) is 9.59 Å². The lowest BCUT2D eigenvalue weighted by Gasteiger charge is -2.25. The summed E-state index contributed by atoms with van der Waals surface area (Å²) < 4.78 is 10.4. The van der Waals surface area contributed by atoms with Crippen molar-refractivity contribution in [2.75, 3.05) is 20.3 Å². The maximum Gasteiger partial charge on any atom is 0.410 e. The SMILES string of the molecule is C=CCOC(=O)CCC(C(=O)O)N(C)C(=O)OCC1c2ccccc2-c2ccccc21. The van der Waals surface area contributed by atoms with Gasteiger partial charge in [-0.15, -0.1) is 0 Å². The molecule has 0 aliphatic heterocycles. The van der Waals surface area contributed by atoms with Gasteiger partial charge in [0.25, 0.3) is 0 Å². The number of hydrogen-bond donors (Lipinski definition) is 1. The van der Waals surface area contributed by atoms with Crippen LogP contribution < -0.4 is 0 Å². The largest absolute Gasteiger partial charge is 0.480 e. The summed E-state index contributed by atoms with van der Waals surface area (Å²) in [6, 6.07) is 14.7. The average molecular weight is 423 g/mol. The number of carboxylic acids is 1. The van der Waals surface area contributed by atoms with Crippen LogP contribution >= 0.6 is 0 Å². The number of likely N-dealkylation sites (N-methyl/N-ethyl adjacent to an activating group) is 1. The zero-order valence-corrected chi connectivity index (χ0v) is 17.3. The minimum atomic E-state index is -1.22. The van der Waals surface area contributed by atoms with Crippen molar-refractivity contribution in [2.45, 2.75) is 24.8 Å². The Morgan fingerprint density at radius 3 is 2.19 bits per heavy atom. The maximum absolute atomic E-state index is 12.6. The number of ether oxygens (including phenoxy) is 2. The van der Waals surface area contributed by atoms with Crippen LogP contribution in [0, 0.1) is 0 Å². The molecule has 1 N–H and O–H groups in total. The van der Waals surface area contributed by atoms with Crippen LogP contribution in [-0.4, -0.2) is 54.3 Å². The van der Waals surface area contributed by atoms with Crippen LogP contribution in [0.4, 0.5) is 4.79 Å². The molecule has 7 heteroatoms. The Bertz CT molecular complexity index is 940. The molecule has 1 aliphatic carbocycles. The molecule has 1 atom stereocenters. The van der Waals surface area contributed by atoms with E-state index in [0.29, 0.717) is 0 Å². The second kappa shape index (κ2) is 9.93. The number of rotatable bonds is 9. The zero-order valence-electron chi connectivity index (χ0n) is 17.3. The predicted octanol–water partition coefficient (Wildman–Crippen LogP) is 3.83. The molecule has 31 heavy (non-hydrogen) atoms. The molecule has 0 aromatic heterocycles. The third-order valence-electron chi connectivity index (χ3n) is 5.36. The van der Waals surface area contributed by atoms with Crippen LogP contribution in [-0.2, 0) is 19.1 Å². The van der Waals surface area contributed by atoms with Crippen LogP contribution in [0.2, 0.25) is 0 Å². The molecule has 1 amide bonds. The Balaban J connectivity index is 1.64. The summed E-state index contributed by atoms with van der Waals surface area (Å²) in [5.41, 5.74) is 4.35. The zero-order chi connectivity index (χ0) is 22.4. The molecule has 0 bridgehead atoms. The van der Waals surface area contributed by atoms with Crippen molar-refractivity contribution in [3.63, 3.8) is 0 Å². The van der Waals surface area contributed by atoms with Gasteiger partial charge in [0.1, 0.15) is 19.3 Å². The van der Waals surface area contributed by atoms with E-state index in [1.54, 1.807) is 0 Å². The topological polar surface area (TPSA) is 93.1 Å². The molecule has 2 aromatic rings. The predicted molar refractivity (Wildman–Crippen MR) is 115 cm³/mol. The van der Waals surface area contributed by atoms with E-state index >= 15 is 0 Å². The molecule has 162 valence electrons. The Kier molecular flexibility index (Phi) is 7.07. The highest BCUT2D eigenvalue weighted by atomic mass is 16.6. The molecular weight excluding hydrogens is 398 g/mol. The molecule has 0 saturated carbocycles. The number of esters is 1. The number of carboxylic acid groups (broad SMARTS) is 1. The molecule has 7 nitrogen and oxygen atoms in total. The lowest BCUT2D eigenvalue weighted by atomic mass is 9.98. The molecule has 0 spiro atoms. The first kappa shape index (κ1) is 22.1. The van der Waals surface area contributed by atoms with Crippen molar-refractivity contribution in [3.05, 3.63) is 72.3 Å². The van der Waals surface area contributed by atoms with Crippen LogP contribution in [0.1, 0.15) is 29.9 Å². The van der Waals surface area contributed by atoms with E-state index in [1.165, 1.54) is 13.1 Å². The summed E-state index contributed by atoms with van der Waals surface area (Å²) in [4.78, 5) is 36.9. The third-order valence-corrected chi connectivity index (χ3v) is 5.36. The van der Waals surface area contributed by atoms with E-state index in [9.17, 15) is 19.5 Å². The Hall–Kier alpha value is -3.61. The molecule has 0 fully saturated rings. The molecule has 1 aliphatic rings. The summed E-state index contributed by atoms with van der Waals surface area (Å²) >= 11 is 0. The van der Waals surface area contributed by atoms with Gasteiger partial charge >= 0.3 is 18.0 Å². The van der Waals surface area contributed by atoms with Gasteiger partial charge in [0.05, 0.1) is 0 Å². The summed E-state index contributed by atoms with van der Waals surface area (Å²) in [5.74, 6) is -1.89. The van der Waals surface area contributed by atoms with Gasteiger partial charge in [-0.1, -0.05) is 61.2 Å². The monoisotopic (exact) mass is 423 g/mol. The first-order chi connectivity index (χ1) is 14.9. The van der Waals surface area contributed by atoms with E-state index in [4.69, 9.17) is 9.47 Å². The molecule has 0 heterocycles. The summed E-state index contributed by atoms with van der Waals surface area (Å²) in [7, 11) is 1.35. The summed E-state index contributed by atoms with van der Waals surface area (Å²) in [6.07, 6.45) is 0.460. The van der Waals surface area contributed by atoms with Crippen molar-refractivity contribution >= 4 is 18.0 Å². The molecule has 0 saturated heterocycles. The van der Waals surface area contributed by atoms with Crippen LogP contribution in [0.25, 0.3) is 11.1 Å². The van der Waals surface area contributed by atoms with E-state index in [-0.39, 0.29) is 32.0 Å². The Labute approximate surface area is 180 Å². The van der Waals surface area contributed by atoms with Gasteiger partial charge in [-0.2, -0.15) is 0 Å². The quantitative estimate of drug-likeness (QED) is 0.487. The highest BCUT2D eigenvalue weighted by molar-refractivity contribution is 5.81. The number of benzene rings is 2. The molecule has 2 aromatic carbocycles. The van der Waals surface area contributed by atoms with Crippen LogP contribution in [0.15, 0.2) is 61.2 Å². The van der Waals surface area contributed by atoms with E-state index in [2.05, 4.69) is 6.58 Å². The fourth-order valence-electron chi connectivity index (χ4n) is 3.78. The number of carbonyl (C=O) groups is 3. The fraction of sp³-hybridized carbons (Fsp3) is 0.292. The Morgan fingerprint density at radius 2 is 1.65 bits per heavy atom. The van der Waals surface area contributed by atoms with Gasteiger partial charge in [-0.05, 0) is 28.7 Å². The highest BCUT2D eigenvalue weighted by Crippen LogP contribution is 2.44. The minimum Gasteiger partial charge on any atom is -0.480 e. The second-order valence-electron chi connectivity index (χ2n) is 7.28. The smallest absolute Gasteiger partial charge is 0.410 e. The number of aliphatic carboxylic acids is 1. The maximum atomic E-state index is 12.6. The fourth-order valence-corrected chi connectivity index (χ4v) is 3.78. The van der Waals surface area contributed by atoms with Crippen LogP contribution in [0.3, 0.4) is 0 Å². The van der Waals surface area contributed by atoms with Crippen LogP contribution in [0.5, 0.6) is 0 Å². The summed E-state index contributed by atoms with van der Waals surface area (Å²) in [6.45, 7) is 3.59. The summed E-state index contributed by atoms with van der Waals surface area (Å²) in [5, 5.41) is 9.50. The third kappa shape index (κ3) is 4.94. The molecule has 3 rings (SSSR count). The van der Waals surface area contributed by atoms with Crippen molar-refractivity contribution < 1.29 is 29.0 Å². The first-order valence-electron chi connectivity index (χ1n) is 10.0. The number of amides is 1. The van der Waals surface area contributed by atoms with Gasteiger partial charge in [-0.3, -0.25) is 9.69 Å². The van der Waals surface area contributed by atoms with Gasteiger partial charge in [0.2, 0.25) is 0 Å². The van der Waals surface area contributed by atoms with E-state index in [1.807, 2.05) is 48.5 Å². The lowest BCUT2D eigenvalue weighted by Crippen LogP contribution is -2.43. The van der Waals surface area contributed by atoms with Gasteiger partial charge in [0.15, 0.2) is 0 Å². The van der Waals surface area contributed by atoms with Gasteiger partial charge in [0, 0.05) is 19.4 Å². The van der Waals surface area contributed by atoms with Crippen molar-refractivity contribution in [1.29, 1.82) is 0 Å². The van der Waals surface area contributed by atoms with Crippen molar-refractivity contribution in [2.24, 2.45) is 0 Å². The molecule has 0 radical (unpaired) electrons. The van der Waals surface area contributed by atoms with Crippen molar-refractivity contribution in [3.8, 4) is 11.1 Å². The highest BCUT2D eigenvalue weighted by Gasteiger charge is 2.32. The number of nitrogens with zero attached hydrogens (tertiary/aromatic N) is 1. The lowest BCUT2D eigenvalue weighted by molar-refractivity contribution is -0.145. The number of fused-ring (bicyclic) bond motifs is 3. The van der Waals surface area contributed by atoms with Gasteiger partial charge < -0.3 is 14.6 Å². The normalized spacial score (nSPS) is 12.9. The standard InChI is InChI=1S/C24H25NO6/c1-3-14-30-22(26)13-12-21(23(27)28)25(2)24(29)31-15-20-18-10-6-4-8-16(18)17-9-5-7-11-19(17)20/h3-11,20-21H,1,12-15H2,2H3,(H,27,28). The van der Waals surface area contributed by atoms with E-state index in [0.717, 1.165) is 27.2 Å². The second-order valence-corrected chi connectivity index (χ2v) is 7.28. The molecular formula is C24H25NO6. The minimum absolute atomic E-state index is 0.0544. The van der Waals surface area contributed by atoms with Crippen molar-refractivity contribution in [1.82, 2.24) is 4.90 Å². The first-order valence-corrected chi connectivity index (χ1v) is 10.0. The average Bonchev–Trinajstić information content (AvgIpc) is 3.09. The Morgan fingerprint density at radius 1 is 1.06 bits per heavy atom. The number of carbonyl (C=O) groups excluding carboxylic acids is 2.